The third-order valence-corrected chi connectivity index (χ3v) is 8.85. The molecule has 160 valence electrons. The lowest BCUT2D eigenvalue weighted by atomic mass is 9.68. The van der Waals surface area contributed by atoms with Gasteiger partial charge in [0, 0.05) is 0 Å². The number of rotatable bonds is 9. The highest BCUT2D eigenvalue weighted by Crippen LogP contribution is 2.42. The molecule has 0 amide bonds. The summed E-state index contributed by atoms with van der Waals surface area (Å²) < 4.78 is 0. The lowest BCUT2D eigenvalue weighted by Gasteiger charge is -2.37. The monoisotopic (exact) mass is 384 g/mol. The quantitative estimate of drug-likeness (QED) is 0.348. The van der Waals surface area contributed by atoms with E-state index in [4.69, 9.17) is 0 Å². The van der Waals surface area contributed by atoms with Gasteiger partial charge in [-0.3, -0.25) is 0 Å². The van der Waals surface area contributed by atoms with Gasteiger partial charge in [0.05, 0.1) is 0 Å². The first kappa shape index (κ1) is 22.2. The van der Waals surface area contributed by atoms with Crippen LogP contribution in [0.5, 0.6) is 0 Å². The van der Waals surface area contributed by atoms with Gasteiger partial charge in [-0.15, -0.1) is 6.58 Å². The van der Waals surface area contributed by atoms with Crippen LogP contribution in [0.1, 0.15) is 116 Å². The molecule has 3 fully saturated rings. The van der Waals surface area contributed by atoms with Gasteiger partial charge in [0.25, 0.3) is 0 Å². The molecule has 0 aliphatic heterocycles. The van der Waals surface area contributed by atoms with Crippen LogP contribution in [0.3, 0.4) is 0 Å². The van der Waals surface area contributed by atoms with Crippen LogP contribution in [0.4, 0.5) is 0 Å². The fourth-order valence-corrected chi connectivity index (χ4v) is 6.66. The van der Waals surface area contributed by atoms with E-state index in [0.717, 1.165) is 35.5 Å². The molecule has 0 N–H and O–H groups in total. The Morgan fingerprint density at radius 3 is 1.68 bits per heavy atom. The van der Waals surface area contributed by atoms with Crippen LogP contribution in [-0.2, 0) is 0 Å². The SMILES string of the molecule is C=CCCC1CCC(/C=C/CCC2CCC(C3CCC(CC)CC3)CC2)CC1. The molecule has 0 aromatic rings. The summed E-state index contributed by atoms with van der Waals surface area (Å²) in [6.07, 6.45) is 32.1. The van der Waals surface area contributed by atoms with E-state index < -0.39 is 0 Å². The van der Waals surface area contributed by atoms with Crippen molar-refractivity contribution < 1.29 is 0 Å². The maximum atomic E-state index is 3.87. The summed E-state index contributed by atoms with van der Waals surface area (Å²) in [4.78, 5) is 0. The molecule has 3 aliphatic rings. The van der Waals surface area contributed by atoms with Crippen molar-refractivity contribution in [3.8, 4) is 0 Å². The minimum Gasteiger partial charge on any atom is -0.103 e. The fourth-order valence-electron chi connectivity index (χ4n) is 6.66. The Hall–Kier alpha value is -0.520. The predicted octanol–water partition coefficient (Wildman–Crippen LogP) is 9.12. The van der Waals surface area contributed by atoms with Crippen LogP contribution in [0.2, 0.25) is 0 Å². The molecule has 0 heteroatoms. The number of hydrogen-bond donors (Lipinski definition) is 0. The largest absolute Gasteiger partial charge is 0.103 e. The summed E-state index contributed by atoms with van der Waals surface area (Å²) in [7, 11) is 0. The molecule has 0 saturated heterocycles. The zero-order valence-electron chi connectivity index (χ0n) is 18.9. The number of hydrogen-bond acceptors (Lipinski definition) is 0. The van der Waals surface area contributed by atoms with Crippen molar-refractivity contribution in [2.24, 2.45) is 35.5 Å². The van der Waals surface area contributed by atoms with E-state index in [1.54, 1.807) is 25.7 Å². The Balaban J connectivity index is 1.25. The van der Waals surface area contributed by atoms with E-state index in [2.05, 4.69) is 31.7 Å². The lowest BCUT2D eigenvalue weighted by molar-refractivity contribution is 0.143. The second-order valence-corrected chi connectivity index (χ2v) is 10.6. The first-order valence-electron chi connectivity index (χ1n) is 13.1. The molecular weight excluding hydrogens is 336 g/mol. The van der Waals surface area contributed by atoms with Gasteiger partial charge in [-0.05, 0) is 113 Å². The van der Waals surface area contributed by atoms with Gasteiger partial charge < -0.3 is 0 Å². The minimum atomic E-state index is 0.883. The Labute approximate surface area is 176 Å². The molecule has 0 spiro atoms. The van der Waals surface area contributed by atoms with E-state index >= 15 is 0 Å². The van der Waals surface area contributed by atoms with Gasteiger partial charge in [-0.2, -0.15) is 0 Å². The lowest BCUT2D eigenvalue weighted by Crippen LogP contribution is -2.25. The van der Waals surface area contributed by atoms with Crippen LogP contribution in [-0.4, -0.2) is 0 Å². The molecule has 0 aromatic heterocycles. The first-order chi connectivity index (χ1) is 13.8. The summed E-state index contributed by atoms with van der Waals surface area (Å²) >= 11 is 0. The normalized spacial score (nSPS) is 37.2. The first-order valence-corrected chi connectivity index (χ1v) is 13.1. The van der Waals surface area contributed by atoms with E-state index in [1.165, 1.54) is 83.5 Å². The molecule has 0 radical (unpaired) electrons. The van der Waals surface area contributed by atoms with Crippen molar-refractivity contribution in [2.45, 2.75) is 116 Å². The zero-order chi connectivity index (χ0) is 19.6. The summed E-state index contributed by atoms with van der Waals surface area (Å²) in [6.45, 7) is 6.26. The summed E-state index contributed by atoms with van der Waals surface area (Å²) in [5, 5.41) is 0. The van der Waals surface area contributed by atoms with Crippen molar-refractivity contribution >= 4 is 0 Å². The molecule has 28 heavy (non-hydrogen) atoms. The van der Waals surface area contributed by atoms with Crippen LogP contribution >= 0.6 is 0 Å². The highest BCUT2D eigenvalue weighted by atomic mass is 14.4. The molecule has 0 aromatic carbocycles. The fraction of sp³-hybridized carbons (Fsp3) is 0.857. The average molecular weight is 385 g/mol. The van der Waals surface area contributed by atoms with E-state index in [-0.39, 0.29) is 0 Å². The van der Waals surface area contributed by atoms with E-state index in [9.17, 15) is 0 Å². The smallest absolute Gasteiger partial charge is 0.0233 e. The Kier molecular flexibility index (Phi) is 9.69. The molecule has 0 bridgehead atoms. The minimum absolute atomic E-state index is 0.883. The van der Waals surface area contributed by atoms with Crippen LogP contribution in [0.15, 0.2) is 24.8 Å². The van der Waals surface area contributed by atoms with Crippen molar-refractivity contribution in [1.82, 2.24) is 0 Å². The number of allylic oxidation sites excluding steroid dienone is 3. The predicted molar refractivity (Wildman–Crippen MR) is 124 cm³/mol. The highest BCUT2D eigenvalue weighted by molar-refractivity contribution is 4.92. The molecule has 3 saturated carbocycles. The summed E-state index contributed by atoms with van der Waals surface area (Å²) in [6, 6.07) is 0. The molecule has 0 heterocycles. The second-order valence-electron chi connectivity index (χ2n) is 10.6. The van der Waals surface area contributed by atoms with Crippen LogP contribution in [0, 0.1) is 35.5 Å². The van der Waals surface area contributed by atoms with E-state index in [0.29, 0.717) is 0 Å². The zero-order valence-corrected chi connectivity index (χ0v) is 18.9. The maximum absolute atomic E-state index is 3.87. The summed E-state index contributed by atoms with van der Waals surface area (Å²) in [5.41, 5.74) is 0. The topological polar surface area (TPSA) is 0 Å². The molecule has 0 nitrogen and oxygen atoms in total. The molecule has 0 atom stereocenters. The van der Waals surface area contributed by atoms with Gasteiger partial charge in [0.2, 0.25) is 0 Å². The second kappa shape index (κ2) is 12.2. The standard InChI is InChI=1S/C28H48/c1-3-5-8-24-11-13-25(14-12-24)9-6-7-10-26-17-21-28(22-18-26)27-19-15-23(4-2)16-20-27/h3,6,9,23-28H,1,4-5,7-8,10-22H2,2H3/b9-6+. The maximum Gasteiger partial charge on any atom is -0.0233 e. The Bertz CT molecular complexity index is 437. The average Bonchev–Trinajstić information content (AvgIpc) is 2.76. The van der Waals surface area contributed by atoms with Gasteiger partial charge in [0.1, 0.15) is 0 Å². The summed E-state index contributed by atoms with van der Waals surface area (Å²) in [5.74, 6) is 6.12. The van der Waals surface area contributed by atoms with Gasteiger partial charge in [-0.1, -0.05) is 57.3 Å². The van der Waals surface area contributed by atoms with Crippen molar-refractivity contribution in [3.05, 3.63) is 24.8 Å². The van der Waals surface area contributed by atoms with Gasteiger partial charge >= 0.3 is 0 Å². The van der Waals surface area contributed by atoms with Gasteiger partial charge in [-0.25, -0.2) is 0 Å². The van der Waals surface area contributed by atoms with Crippen molar-refractivity contribution in [3.63, 3.8) is 0 Å². The third-order valence-electron chi connectivity index (χ3n) is 8.85. The Morgan fingerprint density at radius 2 is 1.14 bits per heavy atom. The molecule has 0 unspecified atom stereocenters. The third kappa shape index (κ3) is 7.07. The molecule has 3 rings (SSSR count). The van der Waals surface area contributed by atoms with Gasteiger partial charge in [0.15, 0.2) is 0 Å². The van der Waals surface area contributed by atoms with Crippen LogP contribution < -0.4 is 0 Å². The highest BCUT2D eigenvalue weighted by Gasteiger charge is 2.30. The van der Waals surface area contributed by atoms with Crippen molar-refractivity contribution in [2.75, 3.05) is 0 Å². The van der Waals surface area contributed by atoms with Crippen LogP contribution in [0.25, 0.3) is 0 Å². The van der Waals surface area contributed by atoms with Crippen molar-refractivity contribution in [1.29, 1.82) is 0 Å². The van der Waals surface area contributed by atoms with E-state index in [1.807, 2.05) is 0 Å². The molecule has 3 aliphatic carbocycles. The Morgan fingerprint density at radius 1 is 0.643 bits per heavy atom. The molecular formula is C28H48.